The lowest BCUT2D eigenvalue weighted by atomic mass is 10.6. The second kappa shape index (κ2) is 4.58. The molecule has 0 rings (SSSR count). The summed E-state index contributed by atoms with van der Waals surface area (Å²) in [6.07, 6.45) is 1.76. The molecule has 0 heterocycles. The average molecular weight is 179 g/mol. The average Bonchev–Trinajstić information content (AvgIpc) is 1.78. The van der Waals surface area contributed by atoms with E-state index in [4.69, 9.17) is 5.26 Å². The molecular formula is C5H9NO2S2. The van der Waals surface area contributed by atoms with Gasteiger partial charge in [0.1, 0.15) is 15.2 Å². The maximum atomic E-state index is 10.5. The summed E-state index contributed by atoms with van der Waals surface area (Å²) in [5.41, 5.74) is 0. The van der Waals surface area contributed by atoms with Crippen LogP contribution in [0.4, 0.5) is 0 Å². The number of nitriles is 1. The zero-order valence-corrected chi connectivity index (χ0v) is 7.33. The van der Waals surface area contributed by atoms with Crippen molar-refractivity contribution in [2.24, 2.45) is 0 Å². The van der Waals surface area contributed by atoms with Crippen molar-refractivity contribution in [3.05, 3.63) is 0 Å². The van der Waals surface area contributed by atoms with E-state index in [0.717, 1.165) is 11.8 Å². The zero-order chi connectivity index (χ0) is 8.04. The number of thiocyanates is 1. The molecular weight excluding hydrogens is 170 g/mol. The van der Waals surface area contributed by atoms with Crippen LogP contribution in [0.3, 0.4) is 0 Å². The Labute approximate surface area is 65.3 Å². The summed E-state index contributed by atoms with van der Waals surface area (Å²) in [6.45, 7) is 0. The van der Waals surface area contributed by atoms with Crippen LogP contribution in [0, 0.1) is 10.7 Å². The van der Waals surface area contributed by atoms with Gasteiger partial charge in [-0.15, -0.1) is 0 Å². The van der Waals surface area contributed by atoms with Crippen molar-refractivity contribution < 1.29 is 8.42 Å². The molecule has 0 aliphatic heterocycles. The van der Waals surface area contributed by atoms with E-state index in [1.807, 2.05) is 5.40 Å². The van der Waals surface area contributed by atoms with Crippen LogP contribution in [0.5, 0.6) is 0 Å². The van der Waals surface area contributed by atoms with Crippen molar-refractivity contribution in [1.29, 1.82) is 5.26 Å². The fourth-order valence-electron chi connectivity index (χ4n) is 0.439. The highest BCUT2D eigenvalue weighted by Gasteiger charge is 1.99. The van der Waals surface area contributed by atoms with Crippen LogP contribution in [0.2, 0.25) is 0 Å². The van der Waals surface area contributed by atoms with E-state index in [9.17, 15) is 8.42 Å². The third-order valence-corrected chi connectivity index (χ3v) is 2.48. The number of sulfone groups is 1. The fraction of sp³-hybridized carbons (Fsp3) is 0.800. The Bertz CT molecular complexity index is 214. The third-order valence-electron chi connectivity index (χ3n) is 0.826. The first-order valence-corrected chi connectivity index (χ1v) is 5.79. The minimum absolute atomic E-state index is 0.182. The molecule has 3 nitrogen and oxygen atoms in total. The number of rotatable bonds is 4. The first kappa shape index (κ1) is 9.79. The first-order valence-electron chi connectivity index (χ1n) is 2.75. The Morgan fingerprint density at radius 1 is 1.60 bits per heavy atom. The van der Waals surface area contributed by atoms with E-state index in [0.29, 0.717) is 12.2 Å². The van der Waals surface area contributed by atoms with Gasteiger partial charge < -0.3 is 0 Å². The Hall–Kier alpha value is -0.210. The van der Waals surface area contributed by atoms with Gasteiger partial charge in [-0.05, 0) is 18.2 Å². The molecule has 0 atom stereocenters. The SMILES string of the molecule is CS(=O)(=O)CCCSC#N. The summed E-state index contributed by atoms with van der Waals surface area (Å²) in [7, 11) is -2.83. The highest BCUT2D eigenvalue weighted by molar-refractivity contribution is 8.03. The van der Waals surface area contributed by atoms with Gasteiger partial charge in [-0.25, -0.2) is 8.42 Å². The van der Waals surface area contributed by atoms with Crippen molar-refractivity contribution in [3.8, 4) is 5.40 Å². The minimum Gasteiger partial charge on any atom is -0.229 e. The van der Waals surface area contributed by atoms with Gasteiger partial charge in [-0.1, -0.05) is 0 Å². The summed E-state index contributed by atoms with van der Waals surface area (Å²) >= 11 is 1.09. The van der Waals surface area contributed by atoms with Crippen LogP contribution < -0.4 is 0 Å². The van der Waals surface area contributed by atoms with Crippen molar-refractivity contribution in [2.75, 3.05) is 17.8 Å². The van der Waals surface area contributed by atoms with Crippen LogP contribution >= 0.6 is 11.8 Å². The van der Waals surface area contributed by atoms with E-state index in [1.165, 1.54) is 6.26 Å². The molecule has 0 bridgehead atoms. The summed E-state index contributed by atoms with van der Waals surface area (Å²) in [5.74, 6) is 0.783. The van der Waals surface area contributed by atoms with Crippen molar-refractivity contribution >= 4 is 21.6 Å². The molecule has 0 spiro atoms. The molecule has 0 saturated heterocycles. The van der Waals surface area contributed by atoms with E-state index in [-0.39, 0.29) is 5.75 Å². The third kappa shape index (κ3) is 7.79. The molecule has 0 aromatic carbocycles. The quantitative estimate of drug-likeness (QED) is 0.469. The Morgan fingerprint density at radius 2 is 2.20 bits per heavy atom. The second-order valence-corrected chi connectivity index (χ2v) is 5.06. The molecule has 0 aliphatic carbocycles. The smallest absolute Gasteiger partial charge is 0.147 e. The molecule has 0 amide bonds. The topological polar surface area (TPSA) is 57.9 Å². The van der Waals surface area contributed by atoms with Crippen molar-refractivity contribution in [2.45, 2.75) is 6.42 Å². The highest BCUT2D eigenvalue weighted by Crippen LogP contribution is 2.00. The lowest BCUT2D eigenvalue weighted by Crippen LogP contribution is -2.03. The number of nitrogens with zero attached hydrogens (tertiary/aromatic N) is 1. The molecule has 0 radical (unpaired) electrons. The van der Waals surface area contributed by atoms with Crippen LogP contribution in [-0.4, -0.2) is 26.2 Å². The predicted octanol–water partition coefficient (Wildman–Crippen LogP) is 0.635. The summed E-state index contributed by atoms with van der Waals surface area (Å²) in [6, 6.07) is 0. The van der Waals surface area contributed by atoms with Gasteiger partial charge in [0.2, 0.25) is 0 Å². The van der Waals surface area contributed by atoms with Gasteiger partial charge in [0.25, 0.3) is 0 Å². The highest BCUT2D eigenvalue weighted by atomic mass is 32.2. The molecule has 0 N–H and O–H groups in total. The fourth-order valence-corrected chi connectivity index (χ4v) is 1.67. The molecule has 0 fully saturated rings. The minimum atomic E-state index is -2.83. The summed E-state index contributed by atoms with van der Waals surface area (Å²) in [4.78, 5) is 0. The van der Waals surface area contributed by atoms with Crippen LogP contribution in [0.1, 0.15) is 6.42 Å². The largest absolute Gasteiger partial charge is 0.229 e. The van der Waals surface area contributed by atoms with Gasteiger partial charge in [-0.2, -0.15) is 5.26 Å². The summed E-state index contributed by atoms with van der Waals surface area (Å²) < 4.78 is 21.0. The second-order valence-electron chi connectivity index (χ2n) is 1.92. The van der Waals surface area contributed by atoms with Crippen molar-refractivity contribution in [3.63, 3.8) is 0 Å². The van der Waals surface area contributed by atoms with Crippen LogP contribution in [0.25, 0.3) is 0 Å². The van der Waals surface area contributed by atoms with Gasteiger partial charge in [0.05, 0.1) is 5.75 Å². The zero-order valence-electron chi connectivity index (χ0n) is 5.70. The molecule has 10 heavy (non-hydrogen) atoms. The molecule has 58 valence electrons. The molecule has 0 unspecified atom stereocenters. The standard InChI is InChI=1S/C5H9NO2S2/c1-10(7,8)4-2-3-9-5-6/h2-4H2,1H3. The Kier molecular flexibility index (Phi) is 4.49. The van der Waals surface area contributed by atoms with Gasteiger partial charge in [0.15, 0.2) is 0 Å². The maximum absolute atomic E-state index is 10.5. The van der Waals surface area contributed by atoms with Crippen LogP contribution in [0.15, 0.2) is 0 Å². The van der Waals surface area contributed by atoms with Crippen molar-refractivity contribution in [1.82, 2.24) is 0 Å². The Morgan fingerprint density at radius 3 is 2.60 bits per heavy atom. The molecule has 0 aromatic rings. The van der Waals surface area contributed by atoms with E-state index >= 15 is 0 Å². The van der Waals surface area contributed by atoms with Crippen LogP contribution in [-0.2, 0) is 9.84 Å². The Balaban J connectivity index is 3.32. The molecule has 0 aliphatic rings. The maximum Gasteiger partial charge on any atom is 0.147 e. The predicted molar refractivity (Wildman–Crippen MR) is 42.4 cm³/mol. The molecule has 0 saturated carbocycles. The molecule has 5 heteroatoms. The van der Waals surface area contributed by atoms with Gasteiger partial charge in [0, 0.05) is 12.0 Å². The van der Waals surface area contributed by atoms with E-state index < -0.39 is 9.84 Å². The van der Waals surface area contributed by atoms with E-state index in [1.54, 1.807) is 0 Å². The lowest BCUT2D eigenvalue weighted by Gasteiger charge is -1.92. The molecule has 0 aromatic heterocycles. The van der Waals surface area contributed by atoms with Gasteiger partial charge >= 0.3 is 0 Å². The lowest BCUT2D eigenvalue weighted by molar-refractivity contribution is 0.600. The monoisotopic (exact) mass is 179 g/mol. The summed E-state index contributed by atoms with van der Waals surface area (Å²) in [5, 5.41) is 9.93. The number of hydrogen-bond acceptors (Lipinski definition) is 4. The number of hydrogen-bond donors (Lipinski definition) is 0. The number of thioether (sulfide) groups is 1. The first-order chi connectivity index (χ1) is 4.56. The normalized spacial score (nSPS) is 10.8. The van der Waals surface area contributed by atoms with Gasteiger partial charge in [-0.3, -0.25) is 0 Å². The van der Waals surface area contributed by atoms with E-state index in [2.05, 4.69) is 0 Å².